The molecule has 0 aliphatic heterocycles. The summed E-state index contributed by atoms with van der Waals surface area (Å²) < 4.78 is 60.6. The first kappa shape index (κ1) is 25.5. The molecular weight excluding hydrogens is 681 g/mol. The Kier molecular flexibility index (Phi) is 5.44. The van der Waals surface area contributed by atoms with Crippen molar-refractivity contribution in [2.45, 2.75) is 0 Å². The summed E-state index contributed by atoms with van der Waals surface area (Å²) in [6, 6.07) is 50.5. The fraction of sp³-hybridized carbons (Fsp3) is 0. The van der Waals surface area contributed by atoms with Crippen LogP contribution in [-0.2, 0) is 0 Å². The number of benzene rings is 9. The van der Waals surface area contributed by atoms with E-state index in [1.54, 1.807) is 0 Å². The third-order valence-corrected chi connectivity index (χ3v) is 11.0. The minimum Gasteiger partial charge on any atom is -0.309 e. The van der Waals surface area contributed by atoms with Crippen molar-refractivity contribution < 1.29 is 8.22 Å². The van der Waals surface area contributed by atoms with E-state index in [1.807, 2.05) is 114 Å². The molecule has 0 aliphatic carbocycles. The number of rotatable bonds is 4. The van der Waals surface area contributed by atoms with Crippen LogP contribution in [0.4, 0.5) is 0 Å². The van der Waals surface area contributed by atoms with E-state index >= 15 is 0 Å². The van der Waals surface area contributed by atoms with Crippen molar-refractivity contribution in [2.24, 2.45) is 0 Å². The van der Waals surface area contributed by atoms with Gasteiger partial charge in [0.25, 0.3) is 0 Å². The van der Waals surface area contributed by atoms with Gasteiger partial charge in [0.2, 0.25) is 0 Å². The summed E-state index contributed by atoms with van der Waals surface area (Å²) in [5, 5.41) is 7.04. The molecule has 4 nitrogen and oxygen atoms in total. The van der Waals surface area contributed by atoms with Crippen LogP contribution in [0.5, 0.6) is 0 Å². The highest BCUT2D eigenvalue weighted by Gasteiger charge is 2.20. The maximum absolute atomic E-state index is 9.86. The first-order chi connectivity index (χ1) is 30.3. The van der Waals surface area contributed by atoms with Gasteiger partial charge in [-0.2, -0.15) is 0 Å². The number of fused-ring (bicyclic) bond motifs is 9. The van der Waals surface area contributed by atoms with Crippen LogP contribution in [0.25, 0.3) is 110 Å². The van der Waals surface area contributed by atoms with Crippen molar-refractivity contribution in [3.05, 3.63) is 194 Å². The van der Waals surface area contributed by atoms with Crippen LogP contribution >= 0.6 is 0 Å². The van der Waals surface area contributed by atoms with Crippen LogP contribution in [0.1, 0.15) is 8.22 Å². The molecule has 260 valence electrons. The van der Waals surface area contributed by atoms with Gasteiger partial charge in [0.1, 0.15) is 0 Å². The number of aromatic nitrogens is 4. The van der Waals surface area contributed by atoms with Crippen molar-refractivity contribution in [1.82, 2.24) is 19.1 Å². The molecule has 3 heterocycles. The minimum atomic E-state index is -0.444. The molecule has 0 saturated heterocycles. The predicted molar refractivity (Wildman–Crippen MR) is 234 cm³/mol. The lowest BCUT2D eigenvalue weighted by Gasteiger charge is -2.16. The second-order valence-electron chi connectivity index (χ2n) is 14.1. The summed E-state index contributed by atoms with van der Waals surface area (Å²) in [6.07, 6.45) is 0. The van der Waals surface area contributed by atoms with E-state index in [2.05, 4.69) is 53.1 Å². The first-order valence-corrected chi connectivity index (χ1v) is 18.6. The van der Waals surface area contributed by atoms with Crippen molar-refractivity contribution in [3.63, 3.8) is 0 Å². The van der Waals surface area contributed by atoms with Gasteiger partial charge >= 0.3 is 0 Å². The zero-order chi connectivity index (χ0) is 42.0. The monoisotopic (exact) mass is 718 g/mol. The Balaban J connectivity index is 1.18. The van der Waals surface area contributed by atoms with Gasteiger partial charge in [-0.15, -0.1) is 0 Å². The highest BCUT2D eigenvalue weighted by molar-refractivity contribution is 6.15. The lowest BCUT2D eigenvalue weighted by atomic mass is 10.00. The van der Waals surface area contributed by atoms with Crippen LogP contribution < -0.4 is 0 Å². The molecule has 0 spiro atoms. The van der Waals surface area contributed by atoms with Gasteiger partial charge in [0.15, 0.2) is 5.82 Å². The SMILES string of the molecule is [2H]c1c([2H])c([2H])c2c(-n3c4ccccc4c4cc5ccccc5cc43)c([2H])c([2H])c(-c3nc(-c4ccc5c6ccccc6n(-c6ccccc6)c5c4)c4ccccc4n3)c2c1[2H]. The molecule has 0 atom stereocenters. The van der Waals surface area contributed by atoms with E-state index in [4.69, 9.17) is 12.7 Å². The van der Waals surface area contributed by atoms with E-state index < -0.39 is 12.1 Å². The van der Waals surface area contributed by atoms with E-state index in [1.165, 1.54) is 0 Å². The molecule has 3 aromatic heterocycles. The molecule has 0 unspecified atom stereocenters. The fourth-order valence-electron chi connectivity index (χ4n) is 8.54. The van der Waals surface area contributed by atoms with Crippen LogP contribution in [0.2, 0.25) is 0 Å². The molecule has 56 heavy (non-hydrogen) atoms. The Hall–Kier alpha value is -7.56. The average molecular weight is 719 g/mol. The summed E-state index contributed by atoms with van der Waals surface area (Å²) in [5.74, 6) is 0.0932. The number of hydrogen-bond donors (Lipinski definition) is 0. The average Bonchev–Trinajstić information content (AvgIpc) is 3.81. The van der Waals surface area contributed by atoms with Crippen molar-refractivity contribution >= 4 is 76.1 Å². The summed E-state index contributed by atoms with van der Waals surface area (Å²) >= 11 is 0. The van der Waals surface area contributed by atoms with Crippen LogP contribution in [0, 0.1) is 0 Å². The molecule has 4 heteroatoms. The summed E-state index contributed by atoms with van der Waals surface area (Å²) in [5.41, 5.74) is 6.82. The minimum absolute atomic E-state index is 0.0680. The maximum Gasteiger partial charge on any atom is 0.161 e. The standard InChI is InChI=1S/C52H32N4/c1-2-16-36(17-3-1)55-46-24-12-9-20-39(46)41-27-26-35(32-49(41)55)51-43-22-8-11-23-45(43)53-52(54-51)42-28-29-48(38-19-7-6-18-37(38)42)56-47-25-13-10-21-40(47)44-30-33-14-4-5-15-34(33)31-50(44)56/h1-32H/i6D,7D,18D,19D,28D,29D. The molecule has 0 amide bonds. The topological polar surface area (TPSA) is 35.6 Å². The molecule has 0 N–H and O–H groups in total. The number of hydrogen-bond acceptors (Lipinski definition) is 2. The van der Waals surface area contributed by atoms with Gasteiger partial charge in [-0.1, -0.05) is 133 Å². The van der Waals surface area contributed by atoms with Crippen molar-refractivity contribution in [3.8, 4) is 34.0 Å². The van der Waals surface area contributed by atoms with Gasteiger partial charge in [0.05, 0.1) is 47.2 Å². The van der Waals surface area contributed by atoms with Crippen molar-refractivity contribution in [1.29, 1.82) is 0 Å². The summed E-state index contributed by atoms with van der Waals surface area (Å²) in [7, 11) is 0. The molecule has 9 aromatic carbocycles. The lowest BCUT2D eigenvalue weighted by molar-refractivity contribution is 1.18. The van der Waals surface area contributed by atoms with Crippen LogP contribution in [-0.4, -0.2) is 19.1 Å². The van der Waals surface area contributed by atoms with E-state index in [0.717, 1.165) is 71.0 Å². The molecule has 0 radical (unpaired) electrons. The molecule has 12 aromatic rings. The first-order valence-electron chi connectivity index (χ1n) is 21.6. The second kappa shape index (κ2) is 12.0. The van der Waals surface area contributed by atoms with Crippen LogP contribution in [0.15, 0.2) is 194 Å². The van der Waals surface area contributed by atoms with Gasteiger partial charge in [-0.05, 0) is 76.8 Å². The number of para-hydroxylation sites is 4. The molecule has 0 bridgehead atoms. The van der Waals surface area contributed by atoms with Crippen molar-refractivity contribution in [2.75, 3.05) is 0 Å². The predicted octanol–water partition coefficient (Wildman–Crippen LogP) is 13.5. The van der Waals surface area contributed by atoms with Gasteiger partial charge in [0, 0.05) is 49.1 Å². The Morgan fingerprint density at radius 2 is 1.04 bits per heavy atom. The Labute approximate surface area is 330 Å². The Bertz CT molecular complexity index is 3890. The van der Waals surface area contributed by atoms with E-state index in [-0.39, 0.29) is 52.0 Å². The zero-order valence-corrected chi connectivity index (χ0v) is 29.8. The third-order valence-electron chi connectivity index (χ3n) is 11.0. The van der Waals surface area contributed by atoms with Crippen LogP contribution in [0.3, 0.4) is 0 Å². The highest BCUT2D eigenvalue weighted by atomic mass is 15.0. The van der Waals surface area contributed by atoms with Gasteiger partial charge in [-0.3, -0.25) is 0 Å². The highest BCUT2D eigenvalue weighted by Crippen LogP contribution is 2.41. The number of nitrogens with zero attached hydrogens (tertiary/aromatic N) is 4. The molecule has 0 aliphatic rings. The summed E-state index contributed by atoms with van der Waals surface area (Å²) in [6.45, 7) is 0. The molecule has 12 rings (SSSR count). The third kappa shape index (κ3) is 4.53. The molecule has 0 saturated carbocycles. The quantitative estimate of drug-likeness (QED) is 0.182. The molecule has 0 fully saturated rings. The maximum atomic E-state index is 9.86. The molecular formula is C52H32N4. The van der Waals surface area contributed by atoms with Gasteiger partial charge in [-0.25, -0.2) is 9.97 Å². The van der Waals surface area contributed by atoms with E-state index in [9.17, 15) is 5.48 Å². The summed E-state index contributed by atoms with van der Waals surface area (Å²) in [4.78, 5) is 10.2. The Morgan fingerprint density at radius 3 is 1.86 bits per heavy atom. The zero-order valence-electron chi connectivity index (χ0n) is 35.8. The second-order valence-corrected chi connectivity index (χ2v) is 14.1. The van der Waals surface area contributed by atoms with E-state index in [0.29, 0.717) is 11.2 Å². The Morgan fingerprint density at radius 1 is 0.411 bits per heavy atom. The lowest BCUT2D eigenvalue weighted by Crippen LogP contribution is -1.99. The van der Waals surface area contributed by atoms with Gasteiger partial charge < -0.3 is 9.13 Å². The smallest absolute Gasteiger partial charge is 0.161 e. The largest absolute Gasteiger partial charge is 0.309 e. The fourth-order valence-corrected chi connectivity index (χ4v) is 8.54. The normalized spacial score (nSPS) is 13.4.